The van der Waals surface area contributed by atoms with Gasteiger partial charge in [0.05, 0.1) is 29.4 Å². The first-order valence-corrected chi connectivity index (χ1v) is 9.66. The Morgan fingerprint density at radius 3 is 2.67 bits per heavy atom. The zero-order valence-corrected chi connectivity index (χ0v) is 17.2. The number of rotatable bonds is 7. The van der Waals surface area contributed by atoms with Gasteiger partial charge in [-0.1, -0.05) is 23.5 Å². The molecule has 154 valence electrons. The van der Waals surface area contributed by atoms with Crippen molar-refractivity contribution in [3.8, 4) is 11.5 Å². The van der Waals surface area contributed by atoms with Crippen molar-refractivity contribution < 1.29 is 19.2 Å². The average Bonchev–Trinajstić information content (AvgIpc) is 3.08. The van der Waals surface area contributed by atoms with Crippen LogP contribution in [0, 0.1) is 10.1 Å². The monoisotopic (exact) mass is 425 g/mol. The first-order valence-electron chi connectivity index (χ1n) is 8.84. The molecule has 0 fully saturated rings. The molecule has 3 aromatic rings. The number of hydrogen-bond acceptors (Lipinski definition) is 6. The van der Waals surface area contributed by atoms with Crippen molar-refractivity contribution in [2.45, 2.75) is 6.54 Å². The number of nitrogens with zero attached hydrogens (tertiary/aromatic N) is 3. The lowest BCUT2D eigenvalue weighted by molar-refractivity contribution is -0.384. The van der Waals surface area contributed by atoms with Crippen LogP contribution in [0.2, 0.25) is 0 Å². The van der Waals surface area contributed by atoms with Crippen LogP contribution in [0.5, 0.6) is 11.5 Å². The van der Waals surface area contributed by atoms with Gasteiger partial charge in [0.15, 0.2) is 16.3 Å². The Balaban J connectivity index is 1.96. The summed E-state index contributed by atoms with van der Waals surface area (Å²) in [7, 11) is 3.09. The molecule has 3 rings (SSSR count). The molecule has 0 aliphatic rings. The van der Waals surface area contributed by atoms with Gasteiger partial charge in [-0.05, 0) is 29.8 Å². The minimum Gasteiger partial charge on any atom is -0.493 e. The first-order chi connectivity index (χ1) is 14.5. The quantitative estimate of drug-likeness (QED) is 0.247. The molecule has 1 amide bonds. The molecule has 0 unspecified atom stereocenters. The standard InChI is InChI=1S/C21H19N3O5S/c1-4-11-23-16-8-7-15(24(26)27)13-19(16)30-21(23)22-20(25)10-6-14-5-9-17(28-2)18(12-14)29-3/h4-10,12-13H,1,11H2,2-3H3. The molecule has 0 aliphatic heterocycles. The van der Waals surface area contributed by atoms with Gasteiger partial charge in [-0.15, -0.1) is 6.58 Å². The summed E-state index contributed by atoms with van der Waals surface area (Å²) in [4.78, 5) is 27.6. The predicted molar refractivity (Wildman–Crippen MR) is 116 cm³/mol. The van der Waals surface area contributed by atoms with Crippen molar-refractivity contribution in [1.29, 1.82) is 0 Å². The van der Waals surface area contributed by atoms with Crippen LogP contribution < -0.4 is 14.3 Å². The van der Waals surface area contributed by atoms with Crippen LogP contribution in [0.25, 0.3) is 16.3 Å². The molecule has 0 saturated carbocycles. The maximum Gasteiger partial charge on any atom is 0.272 e. The highest BCUT2D eigenvalue weighted by atomic mass is 32.1. The lowest BCUT2D eigenvalue weighted by atomic mass is 10.2. The SMILES string of the molecule is C=CCn1c(=NC(=O)C=Cc2ccc(OC)c(OC)c2)sc2cc([N+](=O)[O-])ccc21. The Labute approximate surface area is 176 Å². The number of carbonyl (C=O) groups is 1. The van der Waals surface area contributed by atoms with Crippen LogP contribution in [0.15, 0.2) is 60.1 Å². The highest BCUT2D eigenvalue weighted by molar-refractivity contribution is 7.16. The normalized spacial score (nSPS) is 11.7. The number of fused-ring (bicyclic) bond motifs is 1. The van der Waals surface area contributed by atoms with Crippen LogP contribution in [0.4, 0.5) is 5.69 Å². The van der Waals surface area contributed by atoms with E-state index in [4.69, 9.17) is 9.47 Å². The van der Waals surface area contributed by atoms with E-state index in [1.807, 2.05) is 0 Å². The zero-order chi connectivity index (χ0) is 21.7. The lowest BCUT2D eigenvalue weighted by Crippen LogP contribution is -2.15. The van der Waals surface area contributed by atoms with Crippen molar-refractivity contribution in [3.05, 3.63) is 75.6 Å². The van der Waals surface area contributed by atoms with Gasteiger partial charge in [0, 0.05) is 24.8 Å². The molecule has 1 heterocycles. The van der Waals surface area contributed by atoms with E-state index in [-0.39, 0.29) is 5.69 Å². The Morgan fingerprint density at radius 2 is 2.00 bits per heavy atom. The smallest absolute Gasteiger partial charge is 0.272 e. The van der Waals surface area contributed by atoms with Gasteiger partial charge in [-0.3, -0.25) is 14.9 Å². The van der Waals surface area contributed by atoms with Crippen LogP contribution in [-0.2, 0) is 11.3 Å². The second kappa shape index (κ2) is 9.19. The molecule has 0 radical (unpaired) electrons. The van der Waals surface area contributed by atoms with E-state index in [1.165, 1.54) is 36.7 Å². The van der Waals surface area contributed by atoms with Crippen molar-refractivity contribution in [2.24, 2.45) is 4.99 Å². The fourth-order valence-corrected chi connectivity index (χ4v) is 3.90. The van der Waals surface area contributed by atoms with E-state index in [2.05, 4.69) is 11.6 Å². The van der Waals surface area contributed by atoms with Crippen LogP contribution >= 0.6 is 11.3 Å². The lowest BCUT2D eigenvalue weighted by Gasteiger charge is -2.07. The molecule has 8 nitrogen and oxygen atoms in total. The summed E-state index contributed by atoms with van der Waals surface area (Å²) in [5, 5.41) is 11.0. The van der Waals surface area contributed by atoms with Crippen molar-refractivity contribution >= 4 is 39.2 Å². The van der Waals surface area contributed by atoms with Crippen molar-refractivity contribution in [1.82, 2.24) is 4.57 Å². The highest BCUT2D eigenvalue weighted by Crippen LogP contribution is 2.28. The molecule has 0 aliphatic carbocycles. The number of amides is 1. The van der Waals surface area contributed by atoms with E-state index in [0.29, 0.717) is 27.5 Å². The second-order valence-corrected chi connectivity index (χ2v) is 7.10. The Morgan fingerprint density at radius 1 is 1.23 bits per heavy atom. The summed E-state index contributed by atoms with van der Waals surface area (Å²) in [5.41, 5.74) is 1.49. The summed E-state index contributed by atoms with van der Waals surface area (Å²) in [6, 6.07) is 9.84. The summed E-state index contributed by atoms with van der Waals surface area (Å²) < 4.78 is 12.9. The number of carbonyl (C=O) groups excluding carboxylic acids is 1. The molecule has 1 aromatic heterocycles. The van der Waals surface area contributed by atoms with E-state index >= 15 is 0 Å². The second-order valence-electron chi connectivity index (χ2n) is 6.09. The van der Waals surface area contributed by atoms with Gasteiger partial charge >= 0.3 is 0 Å². The third-order valence-corrected chi connectivity index (χ3v) is 5.26. The third kappa shape index (κ3) is 4.47. The van der Waals surface area contributed by atoms with Crippen molar-refractivity contribution in [3.63, 3.8) is 0 Å². The fraction of sp³-hybridized carbons (Fsp3) is 0.143. The van der Waals surface area contributed by atoms with E-state index in [9.17, 15) is 14.9 Å². The van der Waals surface area contributed by atoms with E-state index in [1.54, 1.807) is 48.1 Å². The minimum atomic E-state index is -0.455. The Kier molecular flexibility index (Phi) is 6.43. The Hall–Kier alpha value is -3.72. The molecule has 2 aromatic carbocycles. The fourth-order valence-electron chi connectivity index (χ4n) is 2.82. The first kappa shape index (κ1) is 21.0. The number of methoxy groups -OCH3 is 2. The van der Waals surface area contributed by atoms with Crippen molar-refractivity contribution in [2.75, 3.05) is 14.2 Å². The topological polar surface area (TPSA) is 96.0 Å². The molecular weight excluding hydrogens is 406 g/mol. The van der Waals surface area contributed by atoms with Gasteiger partial charge < -0.3 is 14.0 Å². The number of ether oxygens (including phenoxy) is 2. The number of nitro groups is 1. The van der Waals surface area contributed by atoms with E-state index in [0.717, 1.165) is 11.1 Å². The summed E-state index contributed by atoms with van der Waals surface area (Å²) in [6.45, 7) is 4.15. The average molecular weight is 425 g/mol. The van der Waals surface area contributed by atoms with Crippen LogP contribution in [0.3, 0.4) is 0 Å². The zero-order valence-electron chi connectivity index (χ0n) is 16.4. The molecule has 0 atom stereocenters. The molecule has 0 N–H and O–H groups in total. The number of allylic oxidation sites excluding steroid dienone is 1. The van der Waals surface area contributed by atoms with Crippen LogP contribution in [-0.4, -0.2) is 29.6 Å². The molecule has 0 saturated heterocycles. The predicted octanol–water partition coefficient (Wildman–Crippen LogP) is 3.95. The highest BCUT2D eigenvalue weighted by Gasteiger charge is 2.12. The molecule has 0 spiro atoms. The van der Waals surface area contributed by atoms with Gasteiger partial charge in [0.1, 0.15) is 0 Å². The largest absolute Gasteiger partial charge is 0.493 e. The summed E-state index contributed by atoms with van der Waals surface area (Å²) in [6.07, 6.45) is 4.66. The summed E-state index contributed by atoms with van der Waals surface area (Å²) >= 11 is 1.21. The minimum absolute atomic E-state index is 0.0132. The van der Waals surface area contributed by atoms with E-state index < -0.39 is 10.8 Å². The Bertz CT molecular complexity index is 1220. The number of thiazole rings is 1. The third-order valence-electron chi connectivity index (χ3n) is 4.22. The van der Waals surface area contributed by atoms with Gasteiger partial charge in [-0.2, -0.15) is 4.99 Å². The molecular formula is C21H19N3O5S. The number of aromatic nitrogens is 1. The van der Waals surface area contributed by atoms with Gasteiger partial charge in [-0.25, -0.2) is 0 Å². The maximum absolute atomic E-state index is 12.4. The van der Waals surface area contributed by atoms with Gasteiger partial charge in [0.2, 0.25) is 0 Å². The molecule has 30 heavy (non-hydrogen) atoms. The molecule has 9 heteroatoms. The maximum atomic E-state index is 12.4. The molecule has 0 bridgehead atoms. The number of hydrogen-bond donors (Lipinski definition) is 0. The van der Waals surface area contributed by atoms with Crippen LogP contribution in [0.1, 0.15) is 5.56 Å². The number of nitro benzene ring substituents is 1. The number of benzene rings is 2. The summed E-state index contributed by atoms with van der Waals surface area (Å²) in [5.74, 6) is 0.693. The number of non-ortho nitro benzene ring substituents is 1. The van der Waals surface area contributed by atoms with Gasteiger partial charge in [0.25, 0.3) is 11.6 Å².